The molecule has 3 aromatic rings. The molecule has 1 saturated carbocycles. The lowest BCUT2D eigenvalue weighted by Crippen LogP contribution is -2.54. The predicted molar refractivity (Wildman–Crippen MR) is 163 cm³/mol. The van der Waals surface area contributed by atoms with Gasteiger partial charge in [0.1, 0.15) is 12.6 Å². The number of anilines is 1. The summed E-state index contributed by atoms with van der Waals surface area (Å²) in [7, 11) is -4.13. The molecule has 0 aliphatic heterocycles. The monoisotopic (exact) mass is 595 g/mol. The van der Waals surface area contributed by atoms with E-state index in [1.807, 2.05) is 38.1 Å². The second-order valence-electron chi connectivity index (χ2n) is 10.6. The van der Waals surface area contributed by atoms with Crippen LogP contribution in [0.3, 0.4) is 0 Å². The fraction of sp³-hybridized carbons (Fsp3) is 0.375. The molecule has 41 heavy (non-hydrogen) atoms. The zero-order valence-electron chi connectivity index (χ0n) is 23.6. The Hall–Kier alpha value is -3.36. The molecule has 7 nitrogen and oxygen atoms in total. The van der Waals surface area contributed by atoms with E-state index in [-0.39, 0.29) is 29.1 Å². The molecule has 0 spiro atoms. The summed E-state index contributed by atoms with van der Waals surface area (Å²) < 4.78 is 28.8. The van der Waals surface area contributed by atoms with Crippen LogP contribution in [-0.4, -0.2) is 43.8 Å². The van der Waals surface area contributed by atoms with Gasteiger partial charge in [0, 0.05) is 17.6 Å². The first-order valence-corrected chi connectivity index (χ1v) is 16.0. The van der Waals surface area contributed by atoms with Crippen molar-refractivity contribution in [1.82, 2.24) is 10.2 Å². The third-order valence-electron chi connectivity index (χ3n) is 7.52. The van der Waals surface area contributed by atoms with Crippen molar-refractivity contribution >= 4 is 39.1 Å². The molecule has 1 atom stereocenters. The fourth-order valence-corrected chi connectivity index (χ4v) is 6.85. The molecule has 0 aromatic heterocycles. The highest BCUT2D eigenvalue weighted by molar-refractivity contribution is 7.92. The molecule has 0 bridgehead atoms. The van der Waals surface area contributed by atoms with Crippen LogP contribution in [0.5, 0.6) is 0 Å². The Balaban J connectivity index is 1.69. The highest BCUT2D eigenvalue weighted by Gasteiger charge is 2.34. The molecule has 0 saturated heterocycles. The molecule has 1 fully saturated rings. The third kappa shape index (κ3) is 7.89. The number of rotatable bonds is 11. The maximum absolute atomic E-state index is 14.2. The Morgan fingerprint density at radius 2 is 1.63 bits per heavy atom. The number of carbonyl (C=O) groups excluding carboxylic acids is 2. The van der Waals surface area contributed by atoms with E-state index in [0.29, 0.717) is 11.4 Å². The second kappa shape index (κ2) is 14.0. The Morgan fingerprint density at radius 3 is 2.27 bits per heavy atom. The number of nitrogens with one attached hydrogen (secondary N) is 1. The van der Waals surface area contributed by atoms with Crippen molar-refractivity contribution in [3.8, 4) is 0 Å². The topological polar surface area (TPSA) is 86.8 Å². The maximum atomic E-state index is 14.2. The van der Waals surface area contributed by atoms with Crippen LogP contribution in [0.1, 0.15) is 56.6 Å². The molecule has 1 aliphatic rings. The summed E-state index contributed by atoms with van der Waals surface area (Å²) in [6.07, 6.45) is 5.53. The van der Waals surface area contributed by atoms with Gasteiger partial charge in [-0.25, -0.2) is 8.42 Å². The van der Waals surface area contributed by atoms with Gasteiger partial charge in [-0.1, -0.05) is 91.9 Å². The second-order valence-corrected chi connectivity index (χ2v) is 12.9. The van der Waals surface area contributed by atoms with E-state index in [1.54, 1.807) is 36.4 Å². The minimum absolute atomic E-state index is 0.0555. The van der Waals surface area contributed by atoms with E-state index < -0.39 is 28.5 Å². The Bertz CT molecular complexity index is 1420. The highest BCUT2D eigenvalue weighted by atomic mass is 35.5. The summed E-state index contributed by atoms with van der Waals surface area (Å²) in [5, 5.41) is 3.51. The average molecular weight is 596 g/mol. The fourth-order valence-electron chi connectivity index (χ4n) is 5.23. The van der Waals surface area contributed by atoms with Crippen molar-refractivity contribution in [1.29, 1.82) is 0 Å². The van der Waals surface area contributed by atoms with Gasteiger partial charge in [0.15, 0.2) is 0 Å². The largest absolute Gasteiger partial charge is 0.352 e. The number of carbonyl (C=O) groups is 2. The van der Waals surface area contributed by atoms with Gasteiger partial charge in [0.2, 0.25) is 11.8 Å². The summed E-state index contributed by atoms with van der Waals surface area (Å²) in [6, 6.07) is 21.5. The zero-order chi connectivity index (χ0) is 29.4. The van der Waals surface area contributed by atoms with Gasteiger partial charge in [-0.3, -0.25) is 13.9 Å². The van der Waals surface area contributed by atoms with Gasteiger partial charge >= 0.3 is 0 Å². The number of aryl methyl sites for hydroxylation is 1. The minimum atomic E-state index is -4.13. The van der Waals surface area contributed by atoms with Gasteiger partial charge in [0.05, 0.1) is 10.6 Å². The average Bonchev–Trinajstić information content (AvgIpc) is 2.97. The molecule has 1 aliphatic carbocycles. The first-order valence-electron chi connectivity index (χ1n) is 14.2. The van der Waals surface area contributed by atoms with Crippen LogP contribution in [0, 0.1) is 6.92 Å². The van der Waals surface area contributed by atoms with Crippen molar-refractivity contribution in [2.75, 3.05) is 10.8 Å². The zero-order valence-corrected chi connectivity index (χ0v) is 25.2. The summed E-state index contributed by atoms with van der Waals surface area (Å²) in [5.74, 6) is -0.684. The van der Waals surface area contributed by atoms with Gasteiger partial charge in [0.25, 0.3) is 10.0 Å². The molecule has 2 amide bonds. The number of benzene rings is 3. The Labute approximate surface area is 248 Å². The Kier molecular flexibility index (Phi) is 10.5. The van der Waals surface area contributed by atoms with Gasteiger partial charge in [-0.2, -0.15) is 0 Å². The molecule has 9 heteroatoms. The molecule has 218 valence electrons. The van der Waals surface area contributed by atoms with E-state index >= 15 is 0 Å². The standard InChI is InChI=1S/C32H38ClN3O4S/c1-3-30(32(38)34-27-12-6-4-7-13-27)35(22-25-19-17-24(2)18-20-25)31(37)23-36(28-14-10-11-26(33)21-28)41(39,40)29-15-8-5-9-16-29/h5,8-11,14-21,27,30H,3-4,6-7,12-13,22-23H2,1-2H3,(H,34,38)/t30-/m0/s1. The Morgan fingerprint density at radius 1 is 0.951 bits per heavy atom. The molecular formula is C32H38ClN3O4S. The van der Waals surface area contributed by atoms with Crippen LogP contribution in [0.15, 0.2) is 83.8 Å². The van der Waals surface area contributed by atoms with Crippen LogP contribution < -0.4 is 9.62 Å². The number of sulfonamides is 1. The number of amides is 2. The molecule has 4 rings (SSSR count). The van der Waals surface area contributed by atoms with E-state index in [0.717, 1.165) is 47.5 Å². The molecule has 1 N–H and O–H groups in total. The van der Waals surface area contributed by atoms with E-state index in [2.05, 4.69) is 5.32 Å². The summed E-state index contributed by atoms with van der Waals surface area (Å²) in [4.78, 5) is 29.3. The highest BCUT2D eigenvalue weighted by Crippen LogP contribution is 2.27. The van der Waals surface area contributed by atoms with Gasteiger partial charge < -0.3 is 10.2 Å². The van der Waals surface area contributed by atoms with Crippen molar-refractivity contribution in [2.45, 2.75) is 75.9 Å². The van der Waals surface area contributed by atoms with Crippen molar-refractivity contribution < 1.29 is 18.0 Å². The van der Waals surface area contributed by atoms with Crippen molar-refractivity contribution in [3.63, 3.8) is 0 Å². The molecule has 3 aromatic carbocycles. The lowest BCUT2D eigenvalue weighted by atomic mass is 9.95. The first-order chi connectivity index (χ1) is 19.7. The van der Waals surface area contributed by atoms with Gasteiger partial charge in [-0.05, 0) is 62.1 Å². The van der Waals surface area contributed by atoms with Crippen LogP contribution in [-0.2, 0) is 26.2 Å². The minimum Gasteiger partial charge on any atom is -0.352 e. The number of nitrogens with zero attached hydrogens (tertiary/aromatic N) is 2. The molecule has 0 heterocycles. The smallest absolute Gasteiger partial charge is 0.264 e. The summed E-state index contributed by atoms with van der Waals surface area (Å²) in [6.45, 7) is 3.54. The van der Waals surface area contributed by atoms with Gasteiger partial charge in [-0.15, -0.1) is 0 Å². The number of hydrogen-bond acceptors (Lipinski definition) is 4. The van der Waals surface area contributed by atoms with Crippen LogP contribution in [0.2, 0.25) is 5.02 Å². The SMILES string of the molecule is CC[C@@H](C(=O)NC1CCCCC1)N(Cc1ccc(C)cc1)C(=O)CN(c1cccc(Cl)c1)S(=O)(=O)c1ccccc1. The lowest BCUT2D eigenvalue weighted by molar-refractivity contribution is -0.140. The van der Waals surface area contributed by atoms with Crippen molar-refractivity contribution in [3.05, 3.63) is 95.0 Å². The molecule has 0 unspecified atom stereocenters. The van der Waals surface area contributed by atoms with Crippen LogP contribution >= 0.6 is 11.6 Å². The first kappa shape index (κ1) is 30.6. The summed E-state index contributed by atoms with van der Waals surface area (Å²) in [5.41, 5.74) is 2.20. The number of hydrogen-bond donors (Lipinski definition) is 1. The normalized spacial score (nSPS) is 14.7. The van der Waals surface area contributed by atoms with Crippen LogP contribution in [0.4, 0.5) is 5.69 Å². The maximum Gasteiger partial charge on any atom is 0.264 e. The van der Waals surface area contributed by atoms with E-state index in [4.69, 9.17) is 11.6 Å². The molecule has 0 radical (unpaired) electrons. The van der Waals surface area contributed by atoms with E-state index in [1.165, 1.54) is 23.1 Å². The molecular weight excluding hydrogens is 558 g/mol. The predicted octanol–water partition coefficient (Wildman–Crippen LogP) is 6.10. The quantitative estimate of drug-likeness (QED) is 0.290. The summed E-state index contributed by atoms with van der Waals surface area (Å²) >= 11 is 6.24. The third-order valence-corrected chi connectivity index (χ3v) is 9.54. The van der Waals surface area contributed by atoms with Crippen molar-refractivity contribution in [2.24, 2.45) is 0 Å². The lowest BCUT2D eigenvalue weighted by Gasteiger charge is -2.34. The van der Waals surface area contributed by atoms with E-state index in [9.17, 15) is 18.0 Å². The van der Waals surface area contributed by atoms with Crippen LogP contribution in [0.25, 0.3) is 0 Å². The number of halogens is 1.